The third kappa shape index (κ3) is 1.65. The van der Waals surface area contributed by atoms with Crippen molar-refractivity contribution in [3.8, 4) is 0 Å². The summed E-state index contributed by atoms with van der Waals surface area (Å²) in [7, 11) is 1.89. The van der Waals surface area contributed by atoms with Crippen LogP contribution in [0.2, 0.25) is 0 Å². The maximum atomic E-state index is 5.60. The molecule has 2 aromatic rings. The van der Waals surface area contributed by atoms with Crippen LogP contribution in [0, 0.1) is 0 Å². The van der Waals surface area contributed by atoms with E-state index in [2.05, 4.69) is 15.3 Å². The van der Waals surface area contributed by atoms with Crippen molar-refractivity contribution in [3.63, 3.8) is 0 Å². The van der Waals surface area contributed by atoms with Gasteiger partial charge in [-0.05, 0) is 25.2 Å². The Morgan fingerprint density at radius 3 is 3.07 bits per heavy atom. The number of hydrogen-bond acceptors (Lipinski definition) is 4. The fourth-order valence-corrected chi connectivity index (χ4v) is 1.35. The Labute approximate surface area is 82.2 Å². The summed E-state index contributed by atoms with van der Waals surface area (Å²) in [5, 5.41) is 4.05. The van der Waals surface area contributed by atoms with Gasteiger partial charge in [0.25, 0.3) is 0 Å². The molecule has 0 aliphatic carbocycles. The van der Waals surface area contributed by atoms with Crippen molar-refractivity contribution in [3.05, 3.63) is 30.1 Å². The molecule has 0 bridgehead atoms. The second kappa shape index (κ2) is 3.59. The highest BCUT2D eigenvalue weighted by Crippen LogP contribution is 2.13. The molecule has 0 saturated heterocycles. The van der Waals surface area contributed by atoms with Gasteiger partial charge in [-0.3, -0.25) is 4.98 Å². The van der Waals surface area contributed by atoms with Crippen molar-refractivity contribution in [1.29, 1.82) is 0 Å². The molecule has 14 heavy (non-hydrogen) atoms. The minimum atomic E-state index is 0.541. The number of anilines is 1. The van der Waals surface area contributed by atoms with Crippen molar-refractivity contribution < 1.29 is 0 Å². The standard InChI is InChI=1S/C10H12N4/c1-12-6-8-4-9-7(5-13-8)2-3-10(11)14-9/h2-5,12H,6H2,1H3,(H2,11,14). The molecule has 0 atom stereocenters. The van der Waals surface area contributed by atoms with Crippen LogP contribution in [0.3, 0.4) is 0 Å². The molecule has 3 N–H and O–H groups in total. The van der Waals surface area contributed by atoms with E-state index >= 15 is 0 Å². The topological polar surface area (TPSA) is 63.8 Å². The van der Waals surface area contributed by atoms with Gasteiger partial charge in [0.1, 0.15) is 5.82 Å². The number of aromatic nitrogens is 2. The number of nitrogens with one attached hydrogen (secondary N) is 1. The molecule has 2 aromatic heterocycles. The first-order valence-corrected chi connectivity index (χ1v) is 4.45. The number of hydrogen-bond donors (Lipinski definition) is 2. The lowest BCUT2D eigenvalue weighted by molar-refractivity contribution is 0.793. The smallest absolute Gasteiger partial charge is 0.124 e. The number of nitrogens with two attached hydrogens (primary N) is 1. The van der Waals surface area contributed by atoms with E-state index in [9.17, 15) is 0 Å². The number of rotatable bonds is 2. The van der Waals surface area contributed by atoms with Crippen molar-refractivity contribution in [2.24, 2.45) is 0 Å². The van der Waals surface area contributed by atoms with Gasteiger partial charge < -0.3 is 11.1 Å². The van der Waals surface area contributed by atoms with Gasteiger partial charge in [-0.25, -0.2) is 4.98 Å². The summed E-state index contributed by atoms with van der Waals surface area (Å²) < 4.78 is 0. The molecule has 0 aromatic carbocycles. The summed E-state index contributed by atoms with van der Waals surface area (Å²) in [6, 6.07) is 5.65. The third-order valence-electron chi connectivity index (χ3n) is 2.01. The molecule has 0 unspecified atom stereocenters. The highest BCUT2D eigenvalue weighted by atomic mass is 14.9. The Hall–Kier alpha value is -1.68. The fourth-order valence-electron chi connectivity index (χ4n) is 1.35. The molecule has 4 heteroatoms. The predicted molar refractivity (Wildman–Crippen MR) is 56.7 cm³/mol. The number of nitrogen functional groups attached to an aromatic ring is 1. The molecule has 72 valence electrons. The minimum absolute atomic E-state index is 0.541. The van der Waals surface area contributed by atoms with E-state index in [0.29, 0.717) is 5.82 Å². The van der Waals surface area contributed by atoms with Crippen LogP contribution in [0.1, 0.15) is 5.69 Å². The van der Waals surface area contributed by atoms with Gasteiger partial charge in [-0.15, -0.1) is 0 Å². The lowest BCUT2D eigenvalue weighted by atomic mass is 10.2. The van der Waals surface area contributed by atoms with Gasteiger partial charge in [-0.2, -0.15) is 0 Å². The van der Waals surface area contributed by atoms with Crippen LogP contribution >= 0.6 is 0 Å². The highest BCUT2D eigenvalue weighted by Gasteiger charge is 1.98. The number of fused-ring (bicyclic) bond motifs is 1. The summed E-state index contributed by atoms with van der Waals surface area (Å²) >= 11 is 0. The zero-order valence-electron chi connectivity index (χ0n) is 7.99. The van der Waals surface area contributed by atoms with Gasteiger partial charge in [0.15, 0.2) is 0 Å². The average Bonchev–Trinajstić information content (AvgIpc) is 2.17. The molecule has 0 aliphatic heterocycles. The third-order valence-corrected chi connectivity index (χ3v) is 2.01. The van der Waals surface area contributed by atoms with E-state index < -0.39 is 0 Å². The van der Waals surface area contributed by atoms with Gasteiger partial charge in [0, 0.05) is 18.1 Å². The van der Waals surface area contributed by atoms with Gasteiger partial charge in [-0.1, -0.05) is 0 Å². The molecule has 0 fully saturated rings. The van der Waals surface area contributed by atoms with Gasteiger partial charge in [0.2, 0.25) is 0 Å². The molecule has 0 aliphatic rings. The van der Waals surface area contributed by atoms with Crippen LogP contribution in [0.15, 0.2) is 24.4 Å². The Bertz CT molecular complexity index is 453. The predicted octanol–water partition coefficient (Wildman–Crippen LogP) is 0.931. The van der Waals surface area contributed by atoms with Crippen molar-refractivity contribution in [2.75, 3.05) is 12.8 Å². The molecule has 0 radical (unpaired) electrons. The highest BCUT2D eigenvalue weighted by molar-refractivity contribution is 5.79. The molecular weight excluding hydrogens is 176 g/mol. The average molecular weight is 188 g/mol. The largest absolute Gasteiger partial charge is 0.384 e. The van der Waals surface area contributed by atoms with E-state index in [1.807, 2.05) is 25.4 Å². The number of pyridine rings is 2. The van der Waals surface area contributed by atoms with E-state index in [0.717, 1.165) is 23.1 Å². The van der Waals surface area contributed by atoms with E-state index in [1.165, 1.54) is 0 Å². The zero-order valence-corrected chi connectivity index (χ0v) is 7.99. The molecule has 2 heterocycles. The Balaban J connectivity index is 2.52. The molecule has 0 saturated carbocycles. The van der Waals surface area contributed by atoms with Gasteiger partial charge >= 0.3 is 0 Å². The SMILES string of the molecule is CNCc1cc2nc(N)ccc2cn1. The molecular formula is C10H12N4. The van der Waals surface area contributed by atoms with E-state index in [1.54, 1.807) is 6.07 Å². The first-order chi connectivity index (χ1) is 6.79. The maximum absolute atomic E-state index is 5.60. The summed E-state index contributed by atoms with van der Waals surface area (Å²) in [6.45, 7) is 0.742. The van der Waals surface area contributed by atoms with E-state index in [-0.39, 0.29) is 0 Å². The van der Waals surface area contributed by atoms with Crippen LogP contribution < -0.4 is 11.1 Å². The quantitative estimate of drug-likeness (QED) is 0.736. The van der Waals surface area contributed by atoms with Gasteiger partial charge in [0.05, 0.1) is 11.2 Å². The lowest BCUT2D eigenvalue weighted by Crippen LogP contribution is -2.06. The van der Waals surface area contributed by atoms with Crippen molar-refractivity contribution in [1.82, 2.24) is 15.3 Å². The summed E-state index contributed by atoms with van der Waals surface area (Å²) in [4.78, 5) is 8.51. The zero-order chi connectivity index (χ0) is 9.97. The van der Waals surface area contributed by atoms with E-state index in [4.69, 9.17) is 5.73 Å². The van der Waals surface area contributed by atoms with Crippen LogP contribution in [0.5, 0.6) is 0 Å². The van der Waals surface area contributed by atoms with Crippen LogP contribution in [0.4, 0.5) is 5.82 Å². The fraction of sp³-hybridized carbons (Fsp3) is 0.200. The summed E-state index contributed by atoms with van der Waals surface area (Å²) in [5.41, 5.74) is 7.46. The van der Waals surface area contributed by atoms with Crippen LogP contribution in [-0.2, 0) is 6.54 Å². The normalized spacial score (nSPS) is 10.6. The molecule has 4 nitrogen and oxygen atoms in total. The second-order valence-electron chi connectivity index (χ2n) is 3.13. The molecule has 2 rings (SSSR count). The maximum Gasteiger partial charge on any atom is 0.124 e. The lowest BCUT2D eigenvalue weighted by Gasteiger charge is -2.01. The summed E-state index contributed by atoms with van der Waals surface area (Å²) in [5.74, 6) is 0.541. The summed E-state index contributed by atoms with van der Waals surface area (Å²) in [6.07, 6.45) is 1.81. The molecule has 0 amide bonds. The Morgan fingerprint density at radius 1 is 1.43 bits per heavy atom. The first-order valence-electron chi connectivity index (χ1n) is 4.45. The van der Waals surface area contributed by atoms with Crippen LogP contribution in [0.25, 0.3) is 10.9 Å². The Morgan fingerprint density at radius 2 is 2.29 bits per heavy atom. The van der Waals surface area contributed by atoms with Crippen LogP contribution in [-0.4, -0.2) is 17.0 Å². The Kier molecular flexibility index (Phi) is 2.28. The first kappa shape index (κ1) is 8.90. The molecule has 0 spiro atoms. The number of nitrogens with zero attached hydrogens (tertiary/aromatic N) is 2. The second-order valence-corrected chi connectivity index (χ2v) is 3.13. The monoisotopic (exact) mass is 188 g/mol. The van der Waals surface area contributed by atoms with Crippen molar-refractivity contribution in [2.45, 2.75) is 6.54 Å². The van der Waals surface area contributed by atoms with Crippen molar-refractivity contribution >= 4 is 16.7 Å². The minimum Gasteiger partial charge on any atom is -0.384 e.